The zero-order valence-electron chi connectivity index (χ0n) is 22.9. The van der Waals surface area contributed by atoms with Crippen LogP contribution < -0.4 is 14.8 Å². The van der Waals surface area contributed by atoms with Crippen LogP contribution in [0.15, 0.2) is 42.6 Å². The van der Waals surface area contributed by atoms with Crippen LogP contribution in [-0.2, 0) is 11.0 Å². The molecule has 1 saturated carbocycles. The maximum atomic E-state index is 14.2. The molecule has 2 aromatic carbocycles. The first-order valence-electron chi connectivity index (χ1n) is 13.6. The lowest BCUT2D eigenvalue weighted by Crippen LogP contribution is -2.45. The summed E-state index contributed by atoms with van der Waals surface area (Å²) in [5.74, 6) is 0.413. The number of aromatic nitrogens is 4. The molecule has 1 saturated heterocycles. The molecule has 1 atom stereocenters. The van der Waals surface area contributed by atoms with Crippen molar-refractivity contribution in [2.45, 2.75) is 37.9 Å². The number of alkyl halides is 3. The summed E-state index contributed by atoms with van der Waals surface area (Å²) in [4.78, 5) is 28.1. The van der Waals surface area contributed by atoms with Gasteiger partial charge in [0, 0.05) is 48.9 Å². The first kappa shape index (κ1) is 27.7. The molecular formula is C29H28F4N6O3. The molecule has 220 valence electrons. The Kier molecular flexibility index (Phi) is 7.11. The molecule has 4 aromatic rings. The Morgan fingerprint density at radius 1 is 1.02 bits per heavy atom. The summed E-state index contributed by atoms with van der Waals surface area (Å²) >= 11 is 0. The number of nitrogens with one attached hydrogen (secondary N) is 1. The van der Waals surface area contributed by atoms with Crippen LogP contribution in [-0.4, -0.2) is 63.7 Å². The number of anilines is 1. The average Bonchev–Trinajstić information content (AvgIpc) is 3.76. The van der Waals surface area contributed by atoms with Gasteiger partial charge in [-0.3, -0.25) is 9.36 Å². The van der Waals surface area contributed by atoms with E-state index in [0.29, 0.717) is 40.8 Å². The van der Waals surface area contributed by atoms with Gasteiger partial charge in [0.2, 0.25) is 11.9 Å². The van der Waals surface area contributed by atoms with E-state index in [1.165, 1.54) is 26.5 Å². The molecule has 9 nitrogen and oxygen atoms in total. The summed E-state index contributed by atoms with van der Waals surface area (Å²) < 4.78 is 67.5. The van der Waals surface area contributed by atoms with Gasteiger partial charge in [-0.2, -0.15) is 18.2 Å². The van der Waals surface area contributed by atoms with Gasteiger partial charge in [0.25, 0.3) is 0 Å². The number of piperidine rings is 1. The van der Waals surface area contributed by atoms with Crippen LogP contribution >= 0.6 is 0 Å². The topological polar surface area (TPSA) is 94.4 Å². The minimum atomic E-state index is -4.90. The number of benzene rings is 2. The summed E-state index contributed by atoms with van der Waals surface area (Å²) in [5, 5.41) is 3.32. The number of carbonyl (C=O) groups excluding carboxylic acids is 1. The van der Waals surface area contributed by atoms with Crippen LogP contribution in [0.3, 0.4) is 0 Å². The lowest BCUT2D eigenvalue weighted by atomic mass is 10.1. The highest BCUT2D eigenvalue weighted by Gasteiger charge is 2.36. The zero-order valence-corrected chi connectivity index (χ0v) is 22.9. The molecule has 1 N–H and O–H groups in total. The Balaban J connectivity index is 1.42. The predicted molar refractivity (Wildman–Crippen MR) is 146 cm³/mol. The van der Waals surface area contributed by atoms with E-state index in [1.54, 1.807) is 22.8 Å². The number of hydrogen-bond donors (Lipinski definition) is 1. The number of hydrogen-bond acceptors (Lipinski definition) is 7. The maximum Gasteiger partial charge on any atom is 0.419 e. The second kappa shape index (κ2) is 10.8. The van der Waals surface area contributed by atoms with E-state index >= 15 is 0 Å². The molecule has 42 heavy (non-hydrogen) atoms. The smallest absolute Gasteiger partial charge is 0.419 e. The van der Waals surface area contributed by atoms with Gasteiger partial charge in [-0.15, -0.1) is 0 Å². The van der Waals surface area contributed by atoms with Crippen LogP contribution in [0.2, 0.25) is 0 Å². The van der Waals surface area contributed by atoms with Crippen LogP contribution in [0, 0.1) is 11.7 Å². The third-order valence-electron chi connectivity index (χ3n) is 7.55. The fourth-order valence-electron chi connectivity index (χ4n) is 5.32. The fraction of sp³-hybridized carbons (Fsp3) is 0.379. The summed E-state index contributed by atoms with van der Waals surface area (Å²) in [6.45, 7) is 1.26. The van der Waals surface area contributed by atoms with Gasteiger partial charge >= 0.3 is 6.18 Å². The predicted octanol–water partition coefficient (Wildman–Crippen LogP) is 5.47. The number of methoxy groups -OCH3 is 2. The lowest BCUT2D eigenvalue weighted by Gasteiger charge is -2.33. The van der Waals surface area contributed by atoms with Crippen molar-refractivity contribution >= 4 is 22.9 Å². The Morgan fingerprint density at radius 2 is 1.79 bits per heavy atom. The van der Waals surface area contributed by atoms with E-state index in [4.69, 9.17) is 9.47 Å². The van der Waals surface area contributed by atoms with E-state index in [-0.39, 0.29) is 29.3 Å². The number of fused-ring (bicyclic) bond motifs is 1. The highest BCUT2D eigenvalue weighted by Crippen LogP contribution is 2.38. The molecule has 0 bridgehead atoms. The van der Waals surface area contributed by atoms with Gasteiger partial charge in [-0.1, -0.05) is 0 Å². The molecule has 6 rings (SSSR count). The maximum absolute atomic E-state index is 14.2. The van der Waals surface area contributed by atoms with Crippen LogP contribution in [0.1, 0.15) is 31.2 Å². The van der Waals surface area contributed by atoms with Gasteiger partial charge in [-0.25, -0.2) is 14.4 Å². The molecule has 0 spiro atoms. The number of rotatable bonds is 7. The van der Waals surface area contributed by atoms with Crippen molar-refractivity contribution in [2.24, 2.45) is 5.92 Å². The molecule has 1 aliphatic carbocycles. The van der Waals surface area contributed by atoms with Crippen LogP contribution in [0.25, 0.3) is 28.2 Å². The highest BCUT2D eigenvalue weighted by molar-refractivity contribution is 5.86. The number of amides is 1. The van der Waals surface area contributed by atoms with Gasteiger partial charge in [0.05, 0.1) is 30.8 Å². The quantitative estimate of drug-likeness (QED) is 0.288. The van der Waals surface area contributed by atoms with Crippen LogP contribution in [0.5, 0.6) is 11.5 Å². The van der Waals surface area contributed by atoms with E-state index in [9.17, 15) is 22.4 Å². The fourth-order valence-corrected chi connectivity index (χ4v) is 5.32. The number of nitrogens with zero attached hydrogens (tertiary/aromatic N) is 5. The Bertz CT molecular complexity index is 1650. The molecule has 1 amide bonds. The second-order valence-corrected chi connectivity index (χ2v) is 10.4. The minimum Gasteiger partial charge on any atom is -0.493 e. The highest BCUT2D eigenvalue weighted by atomic mass is 19.4. The van der Waals surface area contributed by atoms with Crippen molar-refractivity contribution in [2.75, 3.05) is 32.6 Å². The van der Waals surface area contributed by atoms with Crippen molar-refractivity contribution in [3.63, 3.8) is 0 Å². The summed E-state index contributed by atoms with van der Waals surface area (Å²) in [6.07, 6.45) is 0.185. The summed E-state index contributed by atoms with van der Waals surface area (Å²) in [6, 6.07) is 7.54. The monoisotopic (exact) mass is 584 g/mol. The van der Waals surface area contributed by atoms with Crippen molar-refractivity contribution in [3.8, 4) is 28.7 Å². The number of likely N-dealkylation sites (tertiary alicyclic amines) is 1. The van der Waals surface area contributed by atoms with E-state index in [2.05, 4.69) is 20.3 Å². The van der Waals surface area contributed by atoms with Crippen LogP contribution in [0.4, 0.5) is 23.5 Å². The first-order chi connectivity index (χ1) is 20.2. The number of carbonyl (C=O) groups is 1. The molecular weight excluding hydrogens is 556 g/mol. The molecule has 2 fully saturated rings. The summed E-state index contributed by atoms with van der Waals surface area (Å²) in [5.41, 5.74) is -0.492. The third kappa shape index (κ3) is 5.30. The van der Waals surface area contributed by atoms with Crippen molar-refractivity contribution in [1.82, 2.24) is 24.4 Å². The molecule has 1 aliphatic heterocycles. The molecule has 2 aromatic heterocycles. The van der Waals surface area contributed by atoms with Crippen molar-refractivity contribution in [3.05, 3.63) is 54.0 Å². The van der Waals surface area contributed by atoms with Gasteiger partial charge in [0.15, 0.2) is 11.5 Å². The minimum absolute atomic E-state index is 0.0347. The normalized spacial score (nSPS) is 17.4. The van der Waals surface area contributed by atoms with Gasteiger partial charge < -0.3 is 19.7 Å². The van der Waals surface area contributed by atoms with E-state index in [0.717, 1.165) is 44.4 Å². The number of imidazole rings is 1. The molecule has 1 unspecified atom stereocenters. The molecule has 13 heteroatoms. The number of halogens is 4. The van der Waals surface area contributed by atoms with Gasteiger partial charge in [-0.05, 0) is 49.9 Å². The van der Waals surface area contributed by atoms with Crippen molar-refractivity contribution < 1.29 is 31.8 Å². The zero-order chi connectivity index (χ0) is 29.6. The lowest BCUT2D eigenvalue weighted by molar-refractivity contribution is -0.140. The van der Waals surface area contributed by atoms with Gasteiger partial charge in [0.1, 0.15) is 17.5 Å². The Morgan fingerprint density at radius 3 is 2.50 bits per heavy atom. The largest absolute Gasteiger partial charge is 0.493 e. The Labute approximate surface area is 238 Å². The third-order valence-corrected chi connectivity index (χ3v) is 7.55. The SMILES string of the molecule is COc1cc2nc(-c3ccc(F)c(C(F)(F)F)c3)n(-c3ccnc(NC4CCCN(C(=O)C5CC5)C4)n3)c2cc1OC. The van der Waals surface area contributed by atoms with Crippen molar-refractivity contribution in [1.29, 1.82) is 0 Å². The summed E-state index contributed by atoms with van der Waals surface area (Å²) in [7, 11) is 2.93. The second-order valence-electron chi connectivity index (χ2n) is 10.4. The number of ether oxygens (including phenoxy) is 2. The Hall–Kier alpha value is -4.42. The van der Waals surface area contributed by atoms with E-state index in [1.807, 2.05) is 4.90 Å². The molecule has 0 radical (unpaired) electrons. The average molecular weight is 585 g/mol. The molecule has 3 heterocycles. The first-order valence-corrected chi connectivity index (χ1v) is 13.6. The standard InChI is InChI=1S/C29H28F4N6O3/c1-41-23-13-21-22(14-24(23)42-2)39(26(36-21)17-7-8-20(30)19(12-17)29(31,32)33)25-9-10-34-28(37-25)35-18-4-3-11-38(15-18)27(40)16-5-6-16/h7-10,12-14,16,18H,3-6,11,15H2,1-2H3,(H,34,35,37). The van der Waals surface area contributed by atoms with E-state index < -0.39 is 17.6 Å². The molecule has 2 aliphatic rings.